The Kier molecular flexibility index (Phi) is 5.16. The molecular weight excluding hydrogens is 380 g/mol. The summed E-state index contributed by atoms with van der Waals surface area (Å²) in [4.78, 5) is 35.9. The van der Waals surface area contributed by atoms with Crippen molar-refractivity contribution in [3.05, 3.63) is 23.8 Å². The largest absolute Gasteiger partial charge is 0.461 e. The summed E-state index contributed by atoms with van der Waals surface area (Å²) in [5.41, 5.74) is -0.179. The third kappa shape index (κ3) is 2.95. The van der Waals surface area contributed by atoms with Crippen LogP contribution in [-0.4, -0.2) is 29.4 Å². The molecule has 0 radical (unpaired) electrons. The van der Waals surface area contributed by atoms with Crippen LogP contribution in [0.1, 0.15) is 59.3 Å². The van der Waals surface area contributed by atoms with E-state index in [1.54, 1.807) is 6.08 Å². The van der Waals surface area contributed by atoms with Crippen LogP contribution in [0.5, 0.6) is 0 Å². The predicted octanol–water partition coefficient (Wildman–Crippen LogP) is 3.77. The lowest BCUT2D eigenvalue weighted by atomic mass is 9.48. The van der Waals surface area contributed by atoms with Crippen LogP contribution < -0.4 is 0 Å². The van der Waals surface area contributed by atoms with Gasteiger partial charge in [-0.2, -0.15) is 0 Å². The molecule has 5 heteroatoms. The zero-order valence-electron chi connectivity index (χ0n) is 18.0. The molecule has 0 spiro atoms. The summed E-state index contributed by atoms with van der Waals surface area (Å²) in [5, 5.41) is 0. The average molecular weight is 411 g/mol. The fraction of sp³-hybridized carbons (Fsp3) is 0.640. The van der Waals surface area contributed by atoms with E-state index in [2.05, 4.69) is 18.9 Å². The fourth-order valence-electron chi connectivity index (χ4n) is 7.12. The average Bonchev–Trinajstić information content (AvgIpc) is 3.01. The van der Waals surface area contributed by atoms with Gasteiger partial charge in [0.15, 0.2) is 11.4 Å². The lowest BCUT2D eigenvalue weighted by molar-refractivity contribution is -0.168. The molecule has 0 N–H and O–H groups in total. The van der Waals surface area contributed by atoms with Crippen molar-refractivity contribution >= 4 is 17.7 Å². The number of hydrogen-bond donors (Lipinski definition) is 0. The van der Waals surface area contributed by atoms with Crippen LogP contribution in [0.25, 0.3) is 0 Å². The first-order valence-electron chi connectivity index (χ1n) is 11.0. The molecule has 4 rings (SSSR count). The molecule has 0 unspecified atom stereocenters. The number of allylic oxidation sites excluding steroid dienone is 2. The number of ketones is 1. The second-order valence-electron chi connectivity index (χ2n) is 9.34. The third-order valence-electron chi connectivity index (χ3n) is 8.12. The van der Waals surface area contributed by atoms with Gasteiger partial charge in [0.05, 0.1) is 0 Å². The van der Waals surface area contributed by atoms with Crippen LogP contribution in [0.3, 0.4) is 0 Å². The van der Waals surface area contributed by atoms with Crippen LogP contribution in [0.2, 0.25) is 0 Å². The molecule has 0 aliphatic heterocycles. The van der Waals surface area contributed by atoms with Crippen molar-refractivity contribution in [1.82, 2.24) is 0 Å². The zero-order chi connectivity index (χ0) is 21.7. The van der Waals surface area contributed by atoms with Crippen molar-refractivity contribution in [1.29, 1.82) is 0 Å². The van der Waals surface area contributed by atoms with Gasteiger partial charge < -0.3 is 9.47 Å². The molecule has 0 aromatic heterocycles. The summed E-state index contributed by atoms with van der Waals surface area (Å²) in [5.74, 6) is 3.16. The van der Waals surface area contributed by atoms with Gasteiger partial charge >= 0.3 is 11.9 Å². The smallest absolute Gasteiger partial charge is 0.304 e. The highest BCUT2D eigenvalue weighted by molar-refractivity contribution is 5.92. The Labute approximate surface area is 178 Å². The van der Waals surface area contributed by atoms with Crippen LogP contribution in [0.4, 0.5) is 0 Å². The van der Waals surface area contributed by atoms with Crippen LogP contribution in [0.15, 0.2) is 23.8 Å². The number of carbonyl (C=O) groups excluding carboxylic acids is 3. The molecule has 4 aliphatic rings. The summed E-state index contributed by atoms with van der Waals surface area (Å²) in [7, 11) is 0. The van der Waals surface area contributed by atoms with Gasteiger partial charge in [-0.3, -0.25) is 14.4 Å². The summed E-state index contributed by atoms with van der Waals surface area (Å²) in [6, 6.07) is 0. The number of ether oxygens (including phenoxy) is 2. The highest BCUT2D eigenvalue weighted by atomic mass is 16.6. The van der Waals surface area contributed by atoms with Gasteiger partial charge in [-0.25, -0.2) is 0 Å². The monoisotopic (exact) mass is 410 g/mol. The van der Waals surface area contributed by atoms with E-state index in [9.17, 15) is 14.4 Å². The third-order valence-corrected chi connectivity index (χ3v) is 8.12. The quantitative estimate of drug-likeness (QED) is 0.402. The summed E-state index contributed by atoms with van der Waals surface area (Å²) < 4.78 is 11.4. The molecule has 0 saturated heterocycles. The van der Waals surface area contributed by atoms with Crippen molar-refractivity contribution in [2.75, 3.05) is 0 Å². The Hall–Kier alpha value is -2.35. The van der Waals surface area contributed by atoms with E-state index in [0.29, 0.717) is 11.8 Å². The highest BCUT2D eigenvalue weighted by Gasteiger charge is 2.64. The maximum absolute atomic E-state index is 12.2. The molecule has 2 fully saturated rings. The molecule has 2 saturated carbocycles. The summed E-state index contributed by atoms with van der Waals surface area (Å²) in [6.07, 6.45) is 16.1. The van der Waals surface area contributed by atoms with Crippen LogP contribution >= 0.6 is 0 Å². The normalized spacial score (nSPS) is 41.6. The second kappa shape index (κ2) is 7.41. The molecule has 0 amide bonds. The van der Waals surface area contributed by atoms with E-state index < -0.39 is 5.60 Å². The molecular formula is C25H30O5. The molecule has 5 nitrogen and oxygen atoms in total. The highest BCUT2D eigenvalue weighted by Crippen LogP contribution is 2.64. The van der Waals surface area contributed by atoms with Gasteiger partial charge in [-0.05, 0) is 62.0 Å². The lowest BCUT2D eigenvalue weighted by Crippen LogP contribution is -2.56. The number of hydrogen-bond acceptors (Lipinski definition) is 5. The minimum atomic E-state index is -1.00. The van der Waals surface area contributed by atoms with E-state index in [1.807, 2.05) is 6.08 Å². The zero-order valence-corrected chi connectivity index (χ0v) is 18.0. The first-order chi connectivity index (χ1) is 14.3. The van der Waals surface area contributed by atoms with Crippen molar-refractivity contribution in [3.63, 3.8) is 0 Å². The Morgan fingerprint density at radius 2 is 2.00 bits per heavy atom. The predicted molar refractivity (Wildman–Crippen MR) is 111 cm³/mol. The molecule has 0 heterocycles. The van der Waals surface area contributed by atoms with Crippen molar-refractivity contribution < 1.29 is 23.9 Å². The van der Waals surface area contributed by atoms with E-state index in [4.69, 9.17) is 15.9 Å². The molecule has 0 aromatic rings. The van der Waals surface area contributed by atoms with Crippen molar-refractivity contribution in [2.45, 2.75) is 71.0 Å². The van der Waals surface area contributed by atoms with Gasteiger partial charge in [-0.1, -0.05) is 24.5 Å². The SMILES string of the molecule is C#C[C@]1(OC(C)=O)C=C[C@H]2[C@@H]3CCC4=CC(=O)C[C@H](OC(C)=O)[C@@H]4[C@H]3CC[C@@]21CC. The number of fused-ring (bicyclic) bond motifs is 5. The number of terminal acetylenes is 1. The van der Waals surface area contributed by atoms with Gasteiger partial charge in [0.1, 0.15) is 6.10 Å². The number of esters is 2. The molecule has 4 aliphatic carbocycles. The maximum Gasteiger partial charge on any atom is 0.304 e. The van der Waals surface area contributed by atoms with Crippen molar-refractivity contribution in [3.8, 4) is 12.3 Å². The molecule has 7 atom stereocenters. The van der Waals surface area contributed by atoms with Crippen molar-refractivity contribution in [2.24, 2.45) is 29.1 Å². The first kappa shape index (κ1) is 20.9. The minimum Gasteiger partial charge on any atom is -0.461 e. The van der Waals surface area contributed by atoms with E-state index >= 15 is 0 Å². The maximum atomic E-state index is 12.2. The molecule has 160 valence electrons. The summed E-state index contributed by atoms with van der Waals surface area (Å²) in [6.45, 7) is 4.95. The molecule has 0 aromatic carbocycles. The Balaban J connectivity index is 1.70. The van der Waals surface area contributed by atoms with Crippen LogP contribution in [0, 0.1) is 41.4 Å². The van der Waals surface area contributed by atoms with E-state index in [1.165, 1.54) is 13.8 Å². The van der Waals surface area contributed by atoms with E-state index in [-0.39, 0.29) is 47.5 Å². The second-order valence-corrected chi connectivity index (χ2v) is 9.34. The Morgan fingerprint density at radius 1 is 1.23 bits per heavy atom. The summed E-state index contributed by atoms with van der Waals surface area (Å²) >= 11 is 0. The fourth-order valence-corrected chi connectivity index (χ4v) is 7.12. The Bertz CT molecular complexity index is 876. The van der Waals surface area contributed by atoms with Gasteiger partial charge in [-0.15, -0.1) is 6.42 Å². The standard InChI is InChI=1S/C25H30O5/c1-5-24-11-9-20-19(21(24)10-12-25(24,6-2)30-16(4)27)8-7-17-13-18(28)14-22(23(17)20)29-15(3)26/h2,10,12-13,19-23H,5,7-9,11,14H2,1,3-4H3/t19-,20+,21+,22+,23+,24+,25+/m1/s1. The molecule has 0 bridgehead atoms. The van der Waals surface area contributed by atoms with Gasteiger partial charge in [0.25, 0.3) is 0 Å². The van der Waals surface area contributed by atoms with Gasteiger partial charge in [0.2, 0.25) is 0 Å². The van der Waals surface area contributed by atoms with Crippen LogP contribution in [-0.2, 0) is 23.9 Å². The number of carbonyl (C=O) groups is 3. The Morgan fingerprint density at radius 3 is 2.63 bits per heavy atom. The van der Waals surface area contributed by atoms with E-state index in [0.717, 1.165) is 37.7 Å². The number of rotatable bonds is 3. The topological polar surface area (TPSA) is 69.7 Å². The van der Waals surface area contributed by atoms with Gasteiger partial charge in [0, 0.05) is 31.6 Å². The molecule has 30 heavy (non-hydrogen) atoms. The minimum absolute atomic E-state index is 0.0478. The first-order valence-corrected chi connectivity index (χ1v) is 11.0. The lowest BCUT2D eigenvalue weighted by Gasteiger charge is -2.57.